The Morgan fingerprint density at radius 2 is 2.05 bits per heavy atom. The van der Waals surface area contributed by atoms with Crippen LogP contribution in [0, 0.1) is 6.92 Å². The minimum absolute atomic E-state index is 0.234. The summed E-state index contributed by atoms with van der Waals surface area (Å²) < 4.78 is 10.4. The quantitative estimate of drug-likeness (QED) is 0.688. The minimum Gasteiger partial charge on any atom is -0.383 e. The lowest BCUT2D eigenvalue weighted by Gasteiger charge is -2.30. The van der Waals surface area contributed by atoms with Crippen LogP contribution in [0.1, 0.15) is 18.2 Å². The fraction of sp³-hybridized carbons (Fsp3) is 0.643. The van der Waals surface area contributed by atoms with Gasteiger partial charge in [-0.25, -0.2) is 4.98 Å². The monoisotopic (exact) mass is 286 g/mol. The molecule has 0 saturated heterocycles. The van der Waals surface area contributed by atoms with Crippen LogP contribution in [0.5, 0.6) is 0 Å². The Morgan fingerprint density at radius 1 is 1.32 bits per heavy atom. The van der Waals surface area contributed by atoms with Crippen molar-refractivity contribution in [2.24, 2.45) is 0 Å². The molecule has 19 heavy (non-hydrogen) atoms. The third kappa shape index (κ3) is 4.97. The largest absolute Gasteiger partial charge is 0.383 e. The Kier molecular flexibility index (Phi) is 7.13. The van der Waals surface area contributed by atoms with Crippen LogP contribution < -0.4 is 4.90 Å². The van der Waals surface area contributed by atoms with Crippen molar-refractivity contribution in [3.05, 3.63) is 23.4 Å². The summed E-state index contributed by atoms with van der Waals surface area (Å²) >= 11 is 5.92. The van der Waals surface area contributed by atoms with Crippen LogP contribution in [0.3, 0.4) is 0 Å². The number of pyridine rings is 1. The highest BCUT2D eigenvalue weighted by atomic mass is 35.5. The molecule has 0 aliphatic rings. The lowest BCUT2D eigenvalue weighted by Crippen LogP contribution is -2.39. The summed E-state index contributed by atoms with van der Waals surface area (Å²) in [7, 11) is 3.41. The van der Waals surface area contributed by atoms with E-state index in [1.54, 1.807) is 14.2 Å². The topological polar surface area (TPSA) is 34.6 Å². The molecule has 0 saturated carbocycles. The molecule has 0 N–H and O–H groups in total. The standard InChI is InChI=1S/C14H23ClN2O2/c1-11-7-13(9-15)8-14(16-11)17(5-6-18-3)12(2)10-19-4/h7-8,12H,5-6,9-10H2,1-4H3. The molecule has 5 heteroatoms. The predicted octanol–water partition coefficient (Wildman–Crippen LogP) is 2.62. The smallest absolute Gasteiger partial charge is 0.129 e. The number of hydrogen-bond acceptors (Lipinski definition) is 4. The SMILES string of the molecule is COCCN(c1cc(CCl)cc(C)n1)C(C)COC. The molecule has 1 rings (SSSR count). The Balaban J connectivity index is 2.97. The molecular formula is C14H23ClN2O2. The van der Waals surface area contributed by atoms with Gasteiger partial charge in [0.1, 0.15) is 5.82 Å². The summed E-state index contributed by atoms with van der Waals surface area (Å²) in [4.78, 5) is 6.79. The number of alkyl halides is 1. The maximum absolute atomic E-state index is 5.92. The molecule has 0 aromatic carbocycles. The van der Waals surface area contributed by atoms with Gasteiger partial charge in [-0.15, -0.1) is 11.6 Å². The van der Waals surface area contributed by atoms with E-state index in [4.69, 9.17) is 21.1 Å². The third-order valence-electron chi connectivity index (χ3n) is 2.92. The van der Waals surface area contributed by atoms with E-state index in [9.17, 15) is 0 Å². The summed E-state index contributed by atoms with van der Waals surface area (Å²) in [6, 6.07) is 4.27. The molecule has 1 aromatic rings. The van der Waals surface area contributed by atoms with Crippen LogP contribution in [0.25, 0.3) is 0 Å². The zero-order chi connectivity index (χ0) is 14.3. The zero-order valence-electron chi connectivity index (χ0n) is 12.1. The predicted molar refractivity (Wildman–Crippen MR) is 79.1 cm³/mol. The molecule has 0 aliphatic carbocycles. The lowest BCUT2D eigenvalue weighted by atomic mass is 10.2. The van der Waals surface area contributed by atoms with Crippen molar-refractivity contribution in [3.63, 3.8) is 0 Å². The van der Waals surface area contributed by atoms with Crippen molar-refractivity contribution in [2.45, 2.75) is 25.8 Å². The summed E-state index contributed by atoms with van der Waals surface area (Å²) in [6.45, 7) is 6.17. The average Bonchev–Trinajstić information content (AvgIpc) is 2.39. The molecule has 0 bridgehead atoms. The van der Waals surface area contributed by atoms with E-state index in [1.165, 1.54) is 0 Å². The van der Waals surface area contributed by atoms with Gasteiger partial charge in [0.25, 0.3) is 0 Å². The van der Waals surface area contributed by atoms with Crippen LogP contribution in [0.4, 0.5) is 5.82 Å². The van der Waals surface area contributed by atoms with Gasteiger partial charge in [-0.3, -0.25) is 0 Å². The van der Waals surface area contributed by atoms with Crippen LogP contribution in [0.2, 0.25) is 0 Å². The van der Waals surface area contributed by atoms with Crippen molar-refractivity contribution >= 4 is 17.4 Å². The minimum atomic E-state index is 0.234. The molecule has 0 fully saturated rings. The van der Waals surface area contributed by atoms with E-state index in [0.29, 0.717) is 19.1 Å². The van der Waals surface area contributed by atoms with E-state index in [0.717, 1.165) is 23.6 Å². The molecule has 0 radical (unpaired) electrons. The molecule has 1 unspecified atom stereocenters. The van der Waals surface area contributed by atoms with Crippen LogP contribution in [0.15, 0.2) is 12.1 Å². The Bertz CT molecular complexity index is 388. The Morgan fingerprint density at radius 3 is 2.63 bits per heavy atom. The van der Waals surface area contributed by atoms with Gasteiger partial charge in [0.2, 0.25) is 0 Å². The van der Waals surface area contributed by atoms with E-state index in [-0.39, 0.29) is 6.04 Å². The van der Waals surface area contributed by atoms with Crippen molar-refractivity contribution in [2.75, 3.05) is 38.9 Å². The van der Waals surface area contributed by atoms with Gasteiger partial charge < -0.3 is 14.4 Å². The number of methoxy groups -OCH3 is 2. The highest BCUT2D eigenvalue weighted by Crippen LogP contribution is 2.19. The fourth-order valence-electron chi connectivity index (χ4n) is 2.03. The van der Waals surface area contributed by atoms with Crippen molar-refractivity contribution in [1.29, 1.82) is 0 Å². The Labute approximate surface area is 120 Å². The first-order chi connectivity index (χ1) is 9.12. The summed E-state index contributed by atoms with van der Waals surface area (Å²) in [5, 5.41) is 0. The van der Waals surface area contributed by atoms with Gasteiger partial charge in [-0.2, -0.15) is 0 Å². The normalized spacial score (nSPS) is 12.5. The molecule has 1 aromatic heterocycles. The molecule has 0 amide bonds. The molecule has 1 atom stereocenters. The zero-order valence-corrected chi connectivity index (χ0v) is 12.9. The molecule has 0 aliphatic heterocycles. The first-order valence-electron chi connectivity index (χ1n) is 6.40. The van der Waals surface area contributed by atoms with E-state index in [2.05, 4.69) is 16.8 Å². The number of ether oxygens (including phenoxy) is 2. The fourth-order valence-corrected chi connectivity index (χ4v) is 2.18. The number of rotatable bonds is 8. The van der Waals surface area contributed by atoms with E-state index < -0.39 is 0 Å². The average molecular weight is 287 g/mol. The van der Waals surface area contributed by atoms with Crippen molar-refractivity contribution < 1.29 is 9.47 Å². The van der Waals surface area contributed by atoms with Gasteiger partial charge in [0, 0.05) is 32.3 Å². The molecule has 1 heterocycles. The van der Waals surface area contributed by atoms with Crippen LogP contribution >= 0.6 is 11.6 Å². The van der Waals surface area contributed by atoms with Crippen LogP contribution in [-0.4, -0.2) is 45.0 Å². The second kappa shape index (κ2) is 8.35. The highest BCUT2D eigenvalue weighted by Gasteiger charge is 2.16. The van der Waals surface area contributed by atoms with Gasteiger partial charge in [-0.1, -0.05) is 0 Å². The Hall–Kier alpha value is -0.840. The van der Waals surface area contributed by atoms with Crippen molar-refractivity contribution in [3.8, 4) is 0 Å². The summed E-state index contributed by atoms with van der Waals surface area (Å²) in [5.74, 6) is 1.42. The second-order valence-corrected chi connectivity index (χ2v) is 4.87. The molecule has 4 nitrogen and oxygen atoms in total. The van der Waals surface area contributed by atoms with E-state index in [1.807, 2.05) is 19.1 Å². The number of nitrogens with zero attached hydrogens (tertiary/aromatic N) is 2. The molecule has 0 spiro atoms. The highest BCUT2D eigenvalue weighted by molar-refractivity contribution is 6.17. The van der Waals surface area contributed by atoms with Crippen LogP contribution in [-0.2, 0) is 15.4 Å². The lowest BCUT2D eigenvalue weighted by molar-refractivity contribution is 0.170. The third-order valence-corrected chi connectivity index (χ3v) is 3.23. The van der Waals surface area contributed by atoms with Gasteiger partial charge in [0.15, 0.2) is 0 Å². The molecule has 108 valence electrons. The number of aromatic nitrogens is 1. The van der Waals surface area contributed by atoms with E-state index >= 15 is 0 Å². The van der Waals surface area contributed by atoms with Gasteiger partial charge in [0.05, 0.1) is 19.3 Å². The number of hydrogen-bond donors (Lipinski definition) is 0. The van der Waals surface area contributed by atoms with Crippen molar-refractivity contribution in [1.82, 2.24) is 4.98 Å². The second-order valence-electron chi connectivity index (χ2n) is 4.60. The maximum atomic E-state index is 5.92. The maximum Gasteiger partial charge on any atom is 0.129 e. The summed E-state index contributed by atoms with van der Waals surface area (Å²) in [6.07, 6.45) is 0. The molecular weight excluding hydrogens is 264 g/mol. The first kappa shape index (κ1) is 16.2. The number of halogens is 1. The number of anilines is 1. The summed E-state index contributed by atoms with van der Waals surface area (Å²) in [5.41, 5.74) is 2.05. The first-order valence-corrected chi connectivity index (χ1v) is 6.93. The number of aryl methyl sites for hydroxylation is 1. The van der Waals surface area contributed by atoms with Gasteiger partial charge in [-0.05, 0) is 31.5 Å². The van der Waals surface area contributed by atoms with Gasteiger partial charge >= 0.3 is 0 Å².